The number of hydrogen-bond acceptors (Lipinski definition) is 6. The number of morpholine rings is 1. The lowest BCUT2D eigenvalue weighted by Crippen LogP contribution is -2.38. The Morgan fingerprint density at radius 3 is 2.63 bits per heavy atom. The van der Waals surface area contributed by atoms with Crippen LogP contribution in [0.15, 0.2) is 53.7 Å². The minimum absolute atomic E-state index is 0.00903. The average Bonchev–Trinajstić information content (AvgIpc) is 3.17. The monoisotopic (exact) mass is 442 g/mol. The van der Waals surface area contributed by atoms with Crippen LogP contribution in [0.4, 0.5) is 5.95 Å². The maximum absolute atomic E-state index is 13.0. The molecule has 3 aromatic rings. The molecule has 6 nitrogen and oxygen atoms in total. The van der Waals surface area contributed by atoms with Gasteiger partial charge in [0.05, 0.1) is 24.2 Å². The van der Waals surface area contributed by atoms with E-state index < -0.39 is 0 Å². The van der Waals surface area contributed by atoms with Crippen LogP contribution in [0, 0.1) is 6.92 Å². The van der Waals surface area contributed by atoms with Gasteiger partial charge >= 0.3 is 0 Å². The Morgan fingerprint density at radius 2 is 1.90 bits per heavy atom. The van der Waals surface area contributed by atoms with Crippen LogP contribution in [-0.2, 0) is 4.74 Å². The maximum Gasteiger partial charge on any atom is 0.232 e. The predicted octanol–water partition coefficient (Wildman–Crippen LogP) is 4.43. The van der Waals surface area contributed by atoms with Crippen molar-refractivity contribution in [2.75, 3.05) is 31.2 Å². The van der Waals surface area contributed by atoms with Crippen molar-refractivity contribution < 1.29 is 9.53 Å². The Hall–Kier alpha value is -2.35. The lowest BCUT2D eigenvalue weighted by atomic mass is 10.1. The van der Waals surface area contributed by atoms with Gasteiger partial charge in [-0.05, 0) is 37.6 Å². The molecule has 1 aliphatic rings. The Bertz CT molecular complexity index is 1050. The van der Waals surface area contributed by atoms with Crippen LogP contribution in [0.3, 0.4) is 0 Å². The highest BCUT2D eigenvalue weighted by Crippen LogP contribution is 2.32. The van der Waals surface area contributed by atoms with E-state index in [0.29, 0.717) is 29.0 Å². The summed E-state index contributed by atoms with van der Waals surface area (Å²) in [5.41, 5.74) is 2.72. The number of aromatic nitrogens is 3. The molecule has 4 rings (SSSR count). The summed E-state index contributed by atoms with van der Waals surface area (Å²) < 4.78 is 7.54. The number of benzene rings is 2. The molecule has 156 valence electrons. The molecular formula is C22H23ClN4O2S. The third-order valence-corrected chi connectivity index (χ3v) is 6.30. The smallest absolute Gasteiger partial charge is 0.232 e. The van der Waals surface area contributed by atoms with Gasteiger partial charge in [0.15, 0.2) is 10.9 Å². The highest BCUT2D eigenvalue weighted by molar-refractivity contribution is 8.00. The van der Waals surface area contributed by atoms with E-state index in [2.05, 4.69) is 34.2 Å². The fourth-order valence-electron chi connectivity index (χ4n) is 3.42. The molecule has 30 heavy (non-hydrogen) atoms. The van der Waals surface area contributed by atoms with Crippen LogP contribution in [0.25, 0.3) is 5.69 Å². The number of thioether (sulfide) groups is 1. The van der Waals surface area contributed by atoms with Crippen molar-refractivity contribution >= 4 is 35.1 Å². The first-order valence-corrected chi connectivity index (χ1v) is 11.1. The first-order chi connectivity index (χ1) is 14.5. The van der Waals surface area contributed by atoms with E-state index in [-0.39, 0.29) is 11.0 Å². The van der Waals surface area contributed by atoms with Crippen LogP contribution in [0.1, 0.15) is 22.8 Å². The van der Waals surface area contributed by atoms with Crippen molar-refractivity contribution in [2.45, 2.75) is 24.3 Å². The first kappa shape index (κ1) is 20.9. The Balaban J connectivity index is 1.68. The zero-order chi connectivity index (χ0) is 21.1. The molecule has 0 N–H and O–H groups in total. The van der Waals surface area contributed by atoms with Gasteiger partial charge in [0.25, 0.3) is 0 Å². The topological polar surface area (TPSA) is 60.2 Å². The number of anilines is 1. The average molecular weight is 443 g/mol. The number of ether oxygens (including phenoxy) is 1. The number of Topliss-reactive ketones (excluding diaryl/α,β-unsaturated/α-hetero) is 1. The lowest BCUT2D eigenvalue weighted by Gasteiger charge is -2.28. The van der Waals surface area contributed by atoms with Crippen LogP contribution >= 0.6 is 23.4 Å². The van der Waals surface area contributed by atoms with E-state index >= 15 is 0 Å². The highest BCUT2D eigenvalue weighted by Gasteiger charge is 2.26. The van der Waals surface area contributed by atoms with E-state index in [1.807, 2.05) is 23.6 Å². The lowest BCUT2D eigenvalue weighted by molar-refractivity contribution is 0.0994. The fraction of sp³-hybridized carbons (Fsp3) is 0.318. The van der Waals surface area contributed by atoms with E-state index in [0.717, 1.165) is 30.3 Å². The molecule has 2 heterocycles. The Kier molecular flexibility index (Phi) is 6.41. The van der Waals surface area contributed by atoms with Crippen LogP contribution in [-0.4, -0.2) is 52.1 Å². The summed E-state index contributed by atoms with van der Waals surface area (Å²) in [4.78, 5) is 15.1. The first-order valence-electron chi connectivity index (χ1n) is 9.85. The minimum atomic E-state index is -0.340. The van der Waals surface area contributed by atoms with Crippen LogP contribution in [0.2, 0.25) is 5.02 Å². The zero-order valence-electron chi connectivity index (χ0n) is 16.9. The van der Waals surface area contributed by atoms with Gasteiger partial charge in [-0.15, -0.1) is 10.2 Å². The Morgan fingerprint density at radius 1 is 1.13 bits per heavy atom. The molecule has 2 aromatic carbocycles. The fourth-order valence-corrected chi connectivity index (χ4v) is 4.54. The summed E-state index contributed by atoms with van der Waals surface area (Å²) in [6.45, 7) is 6.78. The summed E-state index contributed by atoms with van der Waals surface area (Å²) in [5, 5.41) is 9.84. The molecule has 0 amide bonds. The third kappa shape index (κ3) is 4.38. The molecule has 0 bridgehead atoms. The van der Waals surface area contributed by atoms with E-state index in [1.54, 1.807) is 24.3 Å². The predicted molar refractivity (Wildman–Crippen MR) is 120 cm³/mol. The number of hydrogen-bond donors (Lipinski definition) is 0. The standard InChI is InChI=1S/C22H23ClN4O2S/c1-15-6-3-4-9-19(15)27-21(26-10-12-29-13-11-26)24-25-22(27)30-16(2)20(28)17-7-5-8-18(23)14-17/h3-9,14,16H,10-13H2,1-2H3. The molecule has 0 saturated carbocycles. The van der Waals surface area contributed by atoms with Gasteiger partial charge < -0.3 is 9.64 Å². The molecule has 0 aliphatic carbocycles. The maximum atomic E-state index is 13.0. The van der Waals surface area contributed by atoms with E-state index in [1.165, 1.54) is 11.8 Å². The number of carbonyl (C=O) groups is 1. The zero-order valence-corrected chi connectivity index (χ0v) is 18.5. The van der Waals surface area contributed by atoms with E-state index in [4.69, 9.17) is 16.3 Å². The van der Waals surface area contributed by atoms with Gasteiger partial charge in [0.1, 0.15) is 0 Å². The van der Waals surface area contributed by atoms with Crippen molar-refractivity contribution in [1.82, 2.24) is 14.8 Å². The van der Waals surface area contributed by atoms with Gasteiger partial charge in [-0.1, -0.05) is 53.7 Å². The molecule has 1 aliphatic heterocycles. The second-order valence-electron chi connectivity index (χ2n) is 7.14. The Labute approximate surface area is 185 Å². The van der Waals surface area contributed by atoms with Crippen molar-refractivity contribution in [3.8, 4) is 5.69 Å². The summed E-state index contributed by atoms with van der Waals surface area (Å²) in [5.74, 6) is 0.785. The third-order valence-electron chi connectivity index (χ3n) is 5.03. The summed E-state index contributed by atoms with van der Waals surface area (Å²) in [6.07, 6.45) is 0. The number of nitrogens with zero attached hydrogens (tertiary/aromatic N) is 4. The second-order valence-corrected chi connectivity index (χ2v) is 8.88. The minimum Gasteiger partial charge on any atom is -0.378 e. The molecule has 1 aromatic heterocycles. The highest BCUT2D eigenvalue weighted by atomic mass is 35.5. The SMILES string of the molecule is Cc1ccccc1-n1c(SC(C)C(=O)c2cccc(Cl)c2)nnc1N1CCOCC1. The molecule has 1 fully saturated rings. The number of halogens is 1. The number of carbonyl (C=O) groups excluding carboxylic acids is 1. The summed E-state index contributed by atoms with van der Waals surface area (Å²) >= 11 is 7.47. The molecule has 1 saturated heterocycles. The van der Waals surface area contributed by atoms with Crippen molar-refractivity contribution in [1.29, 1.82) is 0 Å². The molecular weight excluding hydrogens is 420 g/mol. The van der Waals surface area contributed by atoms with E-state index in [9.17, 15) is 4.79 Å². The quantitative estimate of drug-likeness (QED) is 0.415. The number of rotatable bonds is 6. The molecule has 0 spiro atoms. The van der Waals surface area contributed by atoms with Gasteiger partial charge in [-0.25, -0.2) is 0 Å². The summed E-state index contributed by atoms with van der Waals surface area (Å²) in [6, 6.07) is 15.2. The van der Waals surface area contributed by atoms with Crippen LogP contribution in [0.5, 0.6) is 0 Å². The van der Waals surface area contributed by atoms with Gasteiger partial charge in [0, 0.05) is 23.7 Å². The van der Waals surface area contributed by atoms with Crippen LogP contribution < -0.4 is 4.90 Å². The van der Waals surface area contributed by atoms with Gasteiger partial charge in [-0.3, -0.25) is 9.36 Å². The van der Waals surface area contributed by atoms with Gasteiger partial charge in [-0.2, -0.15) is 0 Å². The van der Waals surface area contributed by atoms with Crippen molar-refractivity contribution in [2.24, 2.45) is 0 Å². The largest absolute Gasteiger partial charge is 0.378 e. The second kappa shape index (κ2) is 9.20. The van der Waals surface area contributed by atoms with Crippen molar-refractivity contribution in [3.05, 3.63) is 64.7 Å². The summed E-state index contributed by atoms with van der Waals surface area (Å²) in [7, 11) is 0. The number of aryl methyl sites for hydroxylation is 1. The number of ketones is 1. The van der Waals surface area contributed by atoms with Crippen molar-refractivity contribution in [3.63, 3.8) is 0 Å². The molecule has 8 heteroatoms. The normalized spacial score (nSPS) is 15.2. The molecule has 1 unspecified atom stereocenters. The molecule has 0 radical (unpaired) electrons. The number of para-hydroxylation sites is 1. The molecule has 1 atom stereocenters. The van der Waals surface area contributed by atoms with Gasteiger partial charge in [0.2, 0.25) is 5.95 Å².